The summed E-state index contributed by atoms with van der Waals surface area (Å²) >= 11 is 0. The highest BCUT2D eigenvalue weighted by molar-refractivity contribution is 5.89. The average molecular weight is 241 g/mol. The van der Waals surface area contributed by atoms with Crippen molar-refractivity contribution in [2.45, 2.75) is 40.7 Å². The molecule has 2 N–H and O–H groups in total. The van der Waals surface area contributed by atoms with E-state index in [9.17, 15) is 9.59 Å². The van der Waals surface area contributed by atoms with Crippen LogP contribution in [0, 0.1) is 5.92 Å². The maximum Gasteiger partial charge on any atom is 0.335 e. The Bertz CT molecular complexity index is 291. The fourth-order valence-electron chi connectivity index (χ4n) is 0.780. The van der Waals surface area contributed by atoms with Gasteiger partial charge in [0, 0.05) is 12.0 Å². The number of amides is 1. The molecule has 0 bridgehead atoms. The van der Waals surface area contributed by atoms with Gasteiger partial charge in [0.1, 0.15) is 0 Å². The lowest BCUT2D eigenvalue weighted by Gasteiger charge is -2.09. The molecule has 0 spiro atoms. The minimum absolute atomic E-state index is 0.104. The first-order chi connectivity index (χ1) is 7.76. The van der Waals surface area contributed by atoms with Crippen LogP contribution in [0.2, 0.25) is 0 Å². The number of allylic oxidation sites excluding steroid dienone is 1. The van der Waals surface area contributed by atoms with E-state index < -0.39 is 5.97 Å². The minimum Gasteiger partial charge on any atom is -0.478 e. The smallest absolute Gasteiger partial charge is 0.335 e. The van der Waals surface area contributed by atoms with E-state index in [4.69, 9.17) is 5.11 Å². The normalized spacial score (nSPS) is 10.6. The van der Waals surface area contributed by atoms with Crippen LogP contribution in [0.3, 0.4) is 0 Å². The molecule has 0 atom stereocenters. The van der Waals surface area contributed by atoms with E-state index in [2.05, 4.69) is 11.9 Å². The molecule has 4 heteroatoms. The zero-order valence-corrected chi connectivity index (χ0v) is 11.3. The van der Waals surface area contributed by atoms with Crippen molar-refractivity contribution in [3.05, 3.63) is 24.3 Å². The molecule has 0 saturated carbocycles. The minimum atomic E-state index is -0.928. The Morgan fingerprint density at radius 3 is 1.76 bits per heavy atom. The standard InChI is InChI=1S/C7H15NO.C6H8O2/c1-5(2)7(9)8-6(3)4;1-3-5(4-2)6(7)8/h5-6H,1-4H3,(H,8,9);3-4H,1H2,2H3,(H,7,8). The van der Waals surface area contributed by atoms with Crippen molar-refractivity contribution in [3.63, 3.8) is 0 Å². The summed E-state index contributed by atoms with van der Waals surface area (Å²) < 4.78 is 0. The van der Waals surface area contributed by atoms with Crippen molar-refractivity contribution in [1.82, 2.24) is 5.32 Å². The number of aliphatic carboxylic acids is 1. The van der Waals surface area contributed by atoms with Crippen LogP contribution in [0.15, 0.2) is 24.3 Å². The molecule has 0 aromatic rings. The number of rotatable bonds is 4. The Kier molecular flexibility index (Phi) is 10.1. The van der Waals surface area contributed by atoms with Crippen LogP contribution in [-0.4, -0.2) is 23.0 Å². The third-order valence-corrected chi connectivity index (χ3v) is 1.73. The first-order valence-corrected chi connectivity index (χ1v) is 5.58. The van der Waals surface area contributed by atoms with Gasteiger partial charge in [0.25, 0.3) is 0 Å². The molecule has 0 rings (SSSR count). The molecular weight excluding hydrogens is 218 g/mol. The highest BCUT2D eigenvalue weighted by Gasteiger charge is 2.06. The van der Waals surface area contributed by atoms with E-state index in [1.165, 1.54) is 12.2 Å². The zero-order valence-electron chi connectivity index (χ0n) is 11.3. The lowest BCUT2D eigenvalue weighted by Crippen LogP contribution is -2.33. The van der Waals surface area contributed by atoms with Crippen molar-refractivity contribution in [1.29, 1.82) is 0 Å². The molecule has 4 nitrogen and oxygen atoms in total. The Morgan fingerprint density at radius 2 is 1.71 bits per heavy atom. The number of carbonyl (C=O) groups excluding carboxylic acids is 1. The number of nitrogens with one attached hydrogen (secondary N) is 1. The molecule has 0 saturated heterocycles. The summed E-state index contributed by atoms with van der Waals surface area (Å²) in [4.78, 5) is 20.9. The molecule has 0 aliphatic rings. The van der Waals surface area contributed by atoms with Crippen molar-refractivity contribution < 1.29 is 14.7 Å². The second kappa shape index (κ2) is 9.63. The molecule has 0 fully saturated rings. The summed E-state index contributed by atoms with van der Waals surface area (Å²) in [5, 5.41) is 11.0. The first kappa shape index (κ1) is 17.8. The summed E-state index contributed by atoms with van der Waals surface area (Å²) in [6.07, 6.45) is 2.80. The van der Waals surface area contributed by atoms with Crippen LogP contribution < -0.4 is 5.32 Å². The highest BCUT2D eigenvalue weighted by Crippen LogP contribution is 1.92. The van der Waals surface area contributed by atoms with E-state index in [0.29, 0.717) is 0 Å². The summed E-state index contributed by atoms with van der Waals surface area (Å²) in [6, 6.07) is 0.264. The van der Waals surface area contributed by atoms with Crippen LogP contribution in [-0.2, 0) is 9.59 Å². The van der Waals surface area contributed by atoms with E-state index in [0.717, 1.165) is 0 Å². The number of carboxylic acids is 1. The lowest BCUT2D eigenvalue weighted by atomic mass is 10.2. The van der Waals surface area contributed by atoms with Gasteiger partial charge in [-0.3, -0.25) is 4.79 Å². The van der Waals surface area contributed by atoms with E-state index in [1.807, 2.05) is 27.7 Å². The van der Waals surface area contributed by atoms with E-state index >= 15 is 0 Å². The number of hydrogen-bond acceptors (Lipinski definition) is 2. The molecule has 0 heterocycles. The van der Waals surface area contributed by atoms with Crippen molar-refractivity contribution in [3.8, 4) is 0 Å². The first-order valence-electron chi connectivity index (χ1n) is 5.58. The van der Waals surface area contributed by atoms with Crippen molar-refractivity contribution in [2.24, 2.45) is 5.92 Å². The van der Waals surface area contributed by atoms with Crippen LogP contribution in [0.5, 0.6) is 0 Å². The molecule has 17 heavy (non-hydrogen) atoms. The van der Waals surface area contributed by atoms with Gasteiger partial charge in [0.2, 0.25) is 5.91 Å². The van der Waals surface area contributed by atoms with Gasteiger partial charge in [-0.1, -0.05) is 32.6 Å². The number of carbonyl (C=O) groups is 2. The zero-order chi connectivity index (χ0) is 14.0. The molecule has 0 unspecified atom stereocenters. The maximum absolute atomic E-state index is 10.8. The van der Waals surface area contributed by atoms with Gasteiger partial charge in [-0.05, 0) is 20.8 Å². The fourth-order valence-corrected chi connectivity index (χ4v) is 0.780. The summed E-state index contributed by atoms with van der Waals surface area (Å²) in [6.45, 7) is 12.7. The summed E-state index contributed by atoms with van der Waals surface area (Å²) in [7, 11) is 0. The topological polar surface area (TPSA) is 66.4 Å². The van der Waals surface area contributed by atoms with Crippen molar-refractivity contribution >= 4 is 11.9 Å². The number of carboxylic acid groups (broad SMARTS) is 1. The molecule has 0 radical (unpaired) electrons. The van der Waals surface area contributed by atoms with Crippen LogP contribution in [0.25, 0.3) is 0 Å². The molecule has 0 aromatic carbocycles. The van der Waals surface area contributed by atoms with Crippen LogP contribution in [0.4, 0.5) is 0 Å². The molecule has 0 aromatic heterocycles. The predicted molar refractivity (Wildman–Crippen MR) is 69.7 cm³/mol. The molecule has 98 valence electrons. The van der Waals surface area contributed by atoms with Gasteiger partial charge in [0.15, 0.2) is 0 Å². The third kappa shape index (κ3) is 10.7. The highest BCUT2D eigenvalue weighted by atomic mass is 16.4. The lowest BCUT2D eigenvalue weighted by molar-refractivity contribution is -0.132. The summed E-state index contributed by atoms with van der Waals surface area (Å²) in [5.74, 6) is -0.695. The molecule has 1 amide bonds. The number of hydrogen-bond donors (Lipinski definition) is 2. The second-order valence-electron chi connectivity index (χ2n) is 4.07. The predicted octanol–water partition coefficient (Wildman–Crippen LogP) is 2.37. The summed E-state index contributed by atoms with van der Waals surface area (Å²) in [5.41, 5.74) is 0.241. The Morgan fingerprint density at radius 1 is 1.24 bits per heavy atom. The largest absolute Gasteiger partial charge is 0.478 e. The van der Waals surface area contributed by atoms with Gasteiger partial charge in [-0.25, -0.2) is 4.79 Å². The van der Waals surface area contributed by atoms with E-state index in [1.54, 1.807) is 6.92 Å². The maximum atomic E-state index is 10.8. The van der Waals surface area contributed by atoms with Gasteiger partial charge in [0.05, 0.1) is 5.57 Å². The van der Waals surface area contributed by atoms with Gasteiger partial charge < -0.3 is 10.4 Å². The third-order valence-electron chi connectivity index (χ3n) is 1.73. The SMILES string of the molecule is C=CC(=CC)C(=O)O.CC(C)NC(=O)C(C)C. The second-order valence-corrected chi connectivity index (χ2v) is 4.07. The Balaban J connectivity index is 0. The van der Waals surface area contributed by atoms with Crippen LogP contribution >= 0.6 is 0 Å². The van der Waals surface area contributed by atoms with Gasteiger partial charge >= 0.3 is 5.97 Å². The Hall–Kier alpha value is -1.58. The quantitative estimate of drug-likeness (QED) is 0.586. The van der Waals surface area contributed by atoms with Gasteiger partial charge in [-0.15, -0.1) is 0 Å². The Labute approximate surface area is 103 Å². The molecular formula is C13H23NO3. The van der Waals surface area contributed by atoms with Crippen molar-refractivity contribution in [2.75, 3.05) is 0 Å². The monoisotopic (exact) mass is 241 g/mol. The molecule has 0 aliphatic carbocycles. The van der Waals surface area contributed by atoms with Gasteiger partial charge in [-0.2, -0.15) is 0 Å². The van der Waals surface area contributed by atoms with E-state index in [-0.39, 0.29) is 23.4 Å². The fraction of sp³-hybridized carbons (Fsp3) is 0.538. The average Bonchev–Trinajstić information content (AvgIpc) is 2.18. The molecule has 0 aliphatic heterocycles. The van der Waals surface area contributed by atoms with Crippen LogP contribution in [0.1, 0.15) is 34.6 Å².